The minimum atomic E-state index is 0.113. The summed E-state index contributed by atoms with van der Waals surface area (Å²) in [5.74, 6) is 1.04. The van der Waals surface area contributed by atoms with Crippen molar-refractivity contribution >= 4 is 27.3 Å². The van der Waals surface area contributed by atoms with Gasteiger partial charge in [0.2, 0.25) is 0 Å². The molecule has 0 radical (unpaired) electrons. The first kappa shape index (κ1) is 13.2. The van der Waals surface area contributed by atoms with Gasteiger partial charge in [-0.1, -0.05) is 35.8 Å². The molecule has 1 atom stereocenters. The van der Waals surface area contributed by atoms with Crippen molar-refractivity contribution in [3.05, 3.63) is 51.2 Å². The van der Waals surface area contributed by atoms with Crippen molar-refractivity contribution in [2.75, 3.05) is 6.61 Å². The highest BCUT2D eigenvalue weighted by atomic mass is 79.9. The lowest BCUT2D eigenvalue weighted by molar-refractivity contribution is 0.291. The lowest BCUT2D eigenvalue weighted by atomic mass is 9.85. The molecule has 1 aromatic heterocycles. The van der Waals surface area contributed by atoms with E-state index in [-0.39, 0.29) is 10.2 Å². The maximum atomic E-state index is 5.75. The Kier molecular flexibility index (Phi) is 3.22. The van der Waals surface area contributed by atoms with Crippen molar-refractivity contribution in [2.24, 2.45) is 0 Å². The van der Waals surface area contributed by atoms with Crippen LogP contribution in [0, 0.1) is 6.92 Å². The van der Waals surface area contributed by atoms with Crippen LogP contribution in [0.1, 0.15) is 40.9 Å². The van der Waals surface area contributed by atoms with Crippen molar-refractivity contribution in [3.63, 3.8) is 0 Å². The lowest BCUT2D eigenvalue weighted by Crippen LogP contribution is -2.18. The van der Waals surface area contributed by atoms with E-state index >= 15 is 0 Å². The van der Waals surface area contributed by atoms with Crippen LogP contribution in [0.4, 0.5) is 0 Å². The Hall–Kier alpha value is -0.800. The molecule has 1 aromatic carbocycles. The first-order chi connectivity index (χ1) is 8.99. The van der Waals surface area contributed by atoms with Crippen LogP contribution in [0.15, 0.2) is 29.0 Å². The molecule has 1 nitrogen and oxygen atoms in total. The Bertz CT molecular complexity index is 615. The second kappa shape index (κ2) is 4.64. The monoisotopic (exact) mass is 336 g/mol. The largest absolute Gasteiger partial charge is 0.492 e. The second-order valence-electron chi connectivity index (χ2n) is 5.80. The third-order valence-corrected chi connectivity index (χ3v) is 5.68. The first-order valence-corrected chi connectivity index (χ1v) is 8.29. The molecule has 0 spiro atoms. The molecule has 0 N–H and O–H groups in total. The predicted molar refractivity (Wildman–Crippen MR) is 84.8 cm³/mol. The van der Waals surface area contributed by atoms with Gasteiger partial charge in [0.15, 0.2) is 0 Å². The minimum absolute atomic E-state index is 0.113. The van der Waals surface area contributed by atoms with Gasteiger partial charge >= 0.3 is 0 Å². The number of hydrogen-bond donors (Lipinski definition) is 0. The molecule has 0 fully saturated rings. The van der Waals surface area contributed by atoms with Crippen molar-refractivity contribution in [1.82, 2.24) is 0 Å². The molecule has 0 amide bonds. The lowest BCUT2D eigenvalue weighted by Gasteiger charge is -2.17. The summed E-state index contributed by atoms with van der Waals surface area (Å²) in [5.41, 5.74) is 5.45. The molecule has 100 valence electrons. The summed E-state index contributed by atoms with van der Waals surface area (Å²) in [6, 6.07) is 6.56. The molecule has 3 heteroatoms. The number of rotatable bonds is 2. The number of hydrogen-bond acceptors (Lipinski definition) is 2. The maximum Gasteiger partial charge on any atom is 0.123 e. The zero-order valence-electron chi connectivity index (χ0n) is 11.4. The van der Waals surface area contributed by atoms with Crippen LogP contribution < -0.4 is 4.74 Å². The molecule has 1 unspecified atom stereocenters. The fraction of sp³-hybridized carbons (Fsp3) is 0.375. The molecule has 2 heterocycles. The molecular weight excluding hydrogens is 320 g/mol. The molecule has 0 saturated heterocycles. The topological polar surface area (TPSA) is 9.23 Å². The number of benzene rings is 1. The normalized spacial score (nSPS) is 17.9. The predicted octanol–water partition coefficient (Wildman–Crippen LogP) is 5.21. The highest BCUT2D eigenvalue weighted by Gasteiger charge is 2.32. The Morgan fingerprint density at radius 2 is 2.11 bits per heavy atom. The smallest absolute Gasteiger partial charge is 0.123 e. The van der Waals surface area contributed by atoms with Gasteiger partial charge in [-0.2, -0.15) is 11.3 Å². The zero-order valence-corrected chi connectivity index (χ0v) is 13.8. The van der Waals surface area contributed by atoms with E-state index in [1.54, 1.807) is 11.3 Å². The summed E-state index contributed by atoms with van der Waals surface area (Å²) >= 11 is 5.60. The van der Waals surface area contributed by atoms with Crippen molar-refractivity contribution in [1.29, 1.82) is 0 Å². The number of ether oxygens (including phenoxy) is 1. The van der Waals surface area contributed by atoms with Crippen LogP contribution in [0.3, 0.4) is 0 Å². The van der Waals surface area contributed by atoms with Crippen LogP contribution in [-0.4, -0.2) is 6.61 Å². The van der Waals surface area contributed by atoms with Gasteiger partial charge in [-0.05, 0) is 46.5 Å². The van der Waals surface area contributed by atoms with Crippen LogP contribution >= 0.6 is 27.3 Å². The van der Waals surface area contributed by atoms with Gasteiger partial charge in [0.1, 0.15) is 5.75 Å². The van der Waals surface area contributed by atoms with Gasteiger partial charge < -0.3 is 4.74 Å². The molecule has 1 aliphatic rings. The van der Waals surface area contributed by atoms with Gasteiger partial charge in [0, 0.05) is 11.0 Å². The first-order valence-electron chi connectivity index (χ1n) is 6.43. The minimum Gasteiger partial charge on any atom is -0.492 e. The fourth-order valence-corrected chi connectivity index (χ4v) is 4.34. The third-order valence-electron chi connectivity index (χ3n) is 3.78. The summed E-state index contributed by atoms with van der Waals surface area (Å²) in [7, 11) is 0. The standard InChI is InChI=1S/C16H17BrOS/c1-10-7-19-8-12(10)15(17)11-4-5-14-13(6-11)16(2,3)9-18-14/h4-8,15H,9H2,1-3H3. The summed E-state index contributed by atoms with van der Waals surface area (Å²) in [5, 5.41) is 4.42. The van der Waals surface area contributed by atoms with Gasteiger partial charge in [0.25, 0.3) is 0 Å². The van der Waals surface area contributed by atoms with E-state index < -0.39 is 0 Å². The van der Waals surface area contributed by atoms with E-state index in [4.69, 9.17) is 4.74 Å². The maximum absolute atomic E-state index is 5.75. The van der Waals surface area contributed by atoms with E-state index in [1.165, 1.54) is 22.3 Å². The van der Waals surface area contributed by atoms with E-state index in [0.29, 0.717) is 0 Å². The zero-order chi connectivity index (χ0) is 13.6. The Balaban J connectivity index is 2.02. The number of fused-ring (bicyclic) bond motifs is 1. The summed E-state index contributed by atoms with van der Waals surface area (Å²) < 4.78 is 5.75. The number of thiophene rings is 1. The quantitative estimate of drug-likeness (QED) is 0.684. The van der Waals surface area contributed by atoms with Crippen molar-refractivity contribution < 1.29 is 4.74 Å². The summed E-state index contributed by atoms with van der Waals surface area (Å²) in [6.45, 7) is 7.42. The van der Waals surface area contributed by atoms with Crippen LogP contribution in [0.5, 0.6) is 5.75 Å². The third kappa shape index (κ3) is 2.23. The molecule has 2 aromatic rings. The van der Waals surface area contributed by atoms with Gasteiger partial charge in [-0.25, -0.2) is 0 Å². The number of halogens is 1. The summed E-state index contributed by atoms with van der Waals surface area (Å²) in [6.07, 6.45) is 0. The van der Waals surface area contributed by atoms with Crippen LogP contribution in [0.2, 0.25) is 0 Å². The van der Waals surface area contributed by atoms with E-state index in [0.717, 1.165) is 12.4 Å². The van der Waals surface area contributed by atoms with Crippen molar-refractivity contribution in [2.45, 2.75) is 31.0 Å². The average Bonchev–Trinajstić information content (AvgIpc) is 2.93. The van der Waals surface area contributed by atoms with Crippen LogP contribution in [-0.2, 0) is 5.41 Å². The molecule has 0 aliphatic carbocycles. The molecule has 0 saturated carbocycles. The molecule has 0 bridgehead atoms. The fourth-order valence-electron chi connectivity index (χ4n) is 2.51. The molecule has 1 aliphatic heterocycles. The Morgan fingerprint density at radius 3 is 2.79 bits per heavy atom. The molecule has 19 heavy (non-hydrogen) atoms. The molecular formula is C16H17BrOS. The van der Waals surface area contributed by atoms with Crippen molar-refractivity contribution in [3.8, 4) is 5.75 Å². The van der Waals surface area contributed by atoms with E-state index in [1.807, 2.05) is 0 Å². The van der Waals surface area contributed by atoms with Gasteiger partial charge in [-0.3, -0.25) is 0 Å². The van der Waals surface area contributed by atoms with Crippen LogP contribution in [0.25, 0.3) is 0 Å². The Morgan fingerprint density at radius 1 is 1.32 bits per heavy atom. The van der Waals surface area contributed by atoms with Gasteiger partial charge in [0.05, 0.1) is 11.4 Å². The average molecular weight is 337 g/mol. The van der Waals surface area contributed by atoms with Gasteiger partial charge in [-0.15, -0.1) is 0 Å². The summed E-state index contributed by atoms with van der Waals surface area (Å²) in [4.78, 5) is 0.264. The highest BCUT2D eigenvalue weighted by Crippen LogP contribution is 2.42. The SMILES string of the molecule is Cc1cscc1C(Br)c1ccc2c(c1)C(C)(C)CO2. The Labute approximate surface area is 126 Å². The molecule has 3 rings (SSSR count). The van der Waals surface area contributed by atoms with E-state index in [2.05, 4.69) is 65.7 Å². The number of alkyl halides is 1. The highest BCUT2D eigenvalue weighted by molar-refractivity contribution is 9.09. The number of aryl methyl sites for hydroxylation is 1. The van der Waals surface area contributed by atoms with E-state index in [9.17, 15) is 0 Å². The second-order valence-corrected chi connectivity index (χ2v) is 7.46.